The fraction of sp³-hybridized carbons (Fsp3) is 0.333. The van der Waals surface area contributed by atoms with Crippen molar-refractivity contribution in [2.45, 2.75) is 45.1 Å². The third-order valence-electron chi connectivity index (χ3n) is 5.64. The monoisotopic (exact) mass is 443 g/mol. The number of para-hydroxylation sites is 1. The van der Waals surface area contributed by atoms with Crippen LogP contribution in [0.25, 0.3) is 10.9 Å². The molecule has 4 rings (SSSR count). The molecule has 1 aromatic heterocycles. The van der Waals surface area contributed by atoms with E-state index in [1.165, 1.54) is 12.1 Å². The quantitative estimate of drug-likeness (QED) is 0.587. The summed E-state index contributed by atoms with van der Waals surface area (Å²) >= 11 is 0. The standard InChI is InChI=1S/C24H24F3N3O2/c1-16-12-19-4-2-3-5-21(19)29(16)14-22(31)30(20-10-11-20)13-17-6-8-18(9-7-17)23(32)28-15-24(25,26)27/h2-9,12,20H,10-11,13-15H2,1H3,(H,28,32). The molecule has 0 saturated heterocycles. The van der Waals surface area contributed by atoms with Gasteiger partial charge in [0.05, 0.1) is 0 Å². The molecule has 8 heteroatoms. The summed E-state index contributed by atoms with van der Waals surface area (Å²) in [5.74, 6) is -0.761. The van der Waals surface area contributed by atoms with Crippen LogP contribution in [0.3, 0.4) is 0 Å². The van der Waals surface area contributed by atoms with Gasteiger partial charge in [-0.05, 0) is 55.0 Å². The molecular formula is C24H24F3N3O2. The maximum atomic E-state index is 13.2. The van der Waals surface area contributed by atoms with E-state index in [-0.39, 0.29) is 24.1 Å². The molecule has 0 aliphatic heterocycles. The van der Waals surface area contributed by atoms with Crippen LogP contribution in [0, 0.1) is 6.92 Å². The van der Waals surface area contributed by atoms with Crippen molar-refractivity contribution in [2.75, 3.05) is 6.54 Å². The molecule has 2 aromatic carbocycles. The number of hydrogen-bond acceptors (Lipinski definition) is 2. The van der Waals surface area contributed by atoms with E-state index in [2.05, 4.69) is 6.07 Å². The number of aryl methyl sites for hydroxylation is 1. The lowest BCUT2D eigenvalue weighted by Gasteiger charge is -2.24. The van der Waals surface area contributed by atoms with Crippen molar-refractivity contribution in [3.63, 3.8) is 0 Å². The lowest BCUT2D eigenvalue weighted by atomic mass is 10.1. The van der Waals surface area contributed by atoms with Crippen molar-refractivity contribution in [3.05, 3.63) is 71.4 Å². The Morgan fingerprint density at radius 2 is 1.78 bits per heavy atom. The zero-order valence-corrected chi connectivity index (χ0v) is 17.7. The Bertz CT molecular complexity index is 1130. The maximum Gasteiger partial charge on any atom is 0.405 e. The first kappa shape index (κ1) is 21.9. The lowest BCUT2D eigenvalue weighted by molar-refractivity contribution is -0.133. The predicted octanol–water partition coefficient (Wildman–Crippen LogP) is 4.43. The Kier molecular flexibility index (Phi) is 5.95. The average molecular weight is 443 g/mol. The summed E-state index contributed by atoms with van der Waals surface area (Å²) in [5.41, 5.74) is 3.01. The Labute approximate surface area is 183 Å². The summed E-state index contributed by atoms with van der Waals surface area (Å²) < 4.78 is 38.9. The summed E-state index contributed by atoms with van der Waals surface area (Å²) in [5, 5.41) is 2.95. The Morgan fingerprint density at radius 3 is 2.44 bits per heavy atom. The van der Waals surface area contributed by atoms with Gasteiger partial charge in [-0.25, -0.2) is 0 Å². The largest absolute Gasteiger partial charge is 0.405 e. The van der Waals surface area contributed by atoms with E-state index in [1.54, 1.807) is 12.1 Å². The number of benzene rings is 2. The van der Waals surface area contributed by atoms with E-state index < -0.39 is 18.6 Å². The minimum Gasteiger partial charge on any atom is -0.343 e. The van der Waals surface area contributed by atoms with Gasteiger partial charge in [0.25, 0.3) is 5.91 Å². The first-order valence-corrected chi connectivity index (χ1v) is 10.5. The van der Waals surface area contributed by atoms with E-state index in [0.29, 0.717) is 6.54 Å². The van der Waals surface area contributed by atoms with Crippen LogP contribution in [0.4, 0.5) is 13.2 Å². The summed E-state index contributed by atoms with van der Waals surface area (Å²) in [6.45, 7) is 1.25. The Morgan fingerprint density at radius 1 is 1.09 bits per heavy atom. The van der Waals surface area contributed by atoms with Crippen molar-refractivity contribution in [1.82, 2.24) is 14.8 Å². The van der Waals surface area contributed by atoms with Gasteiger partial charge in [-0.1, -0.05) is 30.3 Å². The number of halogens is 3. The second-order valence-corrected chi connectivity index (χ2v) is 8.18. The van der Waals surface area contributed by atoms with Gasteiger partial charge in [-0.15, -0.1) is 0 Å². The highest BCUT2D eigenvalue weighted by Crippen LogP contribution is 2.29. The first-order valence-electron chi connectivity index (χ1n) is 10.5. The molecule has 0 radical (unpaired) electrons. The molecule has 5 nitrogen and oxygen atoms in total. The van der Waals surface area contributed by atoms with Crippen molar-refractivity contribution in [2.24, 2.45) is 0 Å². The van der Waals surface area contributed by atoms with Crippen LogP contribution in [0.1, 0.15) is 34.5 Å². The predicted molar refractivity (Wildman–Crippen MR) is 115 cm³/mol. The van der Waals surface area contributed by atoms with Crippen LogP contribution < -0.4 is 5.32 Å². The zero-order chi connectivity index (χ0) is 22.9. The number of nitrogens with one attached hydrogen (secondary N) is 1. The molecule has 0 bridgehead atoms. The summed E-state index contributed by atoms with van der Waals surface area (Å²) in [6, 6.07) is 16.5. The molecule has 3 aromatic rings. The van der Waals surface area contributed by atoms with Gasteiger partial charge in [0.1, 0.15) is 13.1 Å². The van der Waals surface area contributed by atoms with Gasteiger partial charge in [0.15, 0.2) is 0 Å². The number of aromatic nitrogens is 1. The number of rotatable bonds is 7. The van der Waals surface area contributed by atoms with Crippen molar-refractivity contribution in [1.29, 1.82) is 0 Å². The molecule has 32 heavy (non-hydrogen) atoms. The third kappa shape index (κ3) is 5.12. The topological polar surface area (TPSA) is 54.3 Å². The number of carbonyl (C=O) groups excluding carboxylic acids is 2. The Balaban J connectivity index is 1.44. The van der Waals surface area contributed by atoms with Crippen LogP contribution in [0.5, 0.6) is 0 Å². The van der Waals surface area contributed by atoms with Crippen LogP contribution in [0.2, 0.25) is 0 Å². The van der Waals surface area contributed by atoms with Gasteiger partial charge in [0, 0.05) is 29.4 Å². The molecule has 1 heterocycles. The normalized spacial score (nSPS) is 13.9. The zero-order valence-electron chi connectivity index (χ0n) is 17.7. The van der Waals surface area contributed by atoms with Crippen molar-refractivity contribution >= 4 is 22.7 Å². The molecule has 1 N–H and O–H groups in total. The molecule has 1 aliphatic carbocycles. The summed E-state index contributed by atoms with van der Waals surface area (Å²) in [6.07, 6.45) is -2.55. The fourth-order valence-corrected chi connectivity index (χ4v) is 3.83. The molecule has 0 spiro atoms. The highest BCUT2D eigenvalue weighted by molar-refractivity contribution is 5.94. The molecule has 1 fully saturated rings. The third-order valence-corrected chi connectivity index (χ3v) is 5.64. The number of fused-ring (bicyclic) bond motifs is 1. The van der Waals surface area contributed by atoms with Gasteiger partial charge >= 0.3 is 6.18 Å². The Hall–Kier alpha value is -3.29. The van der Waals surface area contributed by atoms with Gasteiger partial charge in [-0.3, -0.25) is 9.59 Å². The molecule has 2 amide bonds. The number of alkyl halides is 3. The molecule has 1 saturated carbocycles. The second kappa shape index (κ2) is 8.68. The number of nitrogens with zero attached hydrogens (tertiary/aromatic N) is 2. The molecule has 168 valence electrons. The van der Waals surface area contributed by atoms with E-state index >= 15 is 0 Å². The van der Waals surface area contributed by atoms with Crippen LogP contribution in [0.15, 0.2) is 54.6 Å². The number of carbonyl (C=O) groups is 2. The maximum absolute atomic E-state index is 13.2. The van der Waals surface area contributed by atoms with Gasteiger partial charge in [0.2, 0.25) is 5.91 Å². The van der Waals surface area contributed by atoms with E-state index in [9.17, 15) is 22.8 Å². The summed E-state index contributed by atoms with van der Waals surface area (Å²) in [7, 11) is 0. The van der Waals surface area contributed by atoms with Crippen LogP contribution in [-0.2, 0) is 17.9 Å². The van der Waals surface area contributed by atoms with E-state index in [1.807, 2.05) is 46.0 Å². The lowest BCUT2D eigenvalue weighted by Crippen LogP contribution is -2.35. The van der Waals surface area contributed by atoms with Crippen molar-refractivity contribution in [3.8, 4) is 0 Å². The number of amides is 2. The molecule has 0 unspecified atom stereocenters. The highest BCUT2D eigenvalue weighted by Gasteiger charge is 2.33. The molecule has 0 atom stereocenters. The second-order valence-electron chi connectivity index (χ2n) is 8.18. The van der Waals surface area contributed by atoms with Crippen LogP contribution >= 0.6 is 0 Å². The SMILES string of the molecule is Cc1cc2ccccc2n1CC(=O)N(Cc1ccc(C(=O)NCC(F)(F)F)cc1)C1CC1. The summed E-state index contributed by atoms with van der Waals surface area (Å²) in [4.78, 5) is 26.9. The minimum atomic E-state index is -4.45. The van der Waals surface area contributed by atoms with Gasteiger partial charge in [-0.2, -0.15) is 13.2 Å². The average Bonchev–Trinajstić information content (AvgIpc) is 3.54. The minimum absolute atomic E-state index is 0.0175. The van der Waals surface area contributed by atoms with E-state index in [4.69, 9.17) is 0 Å². The van der Waals surface area contributed by atoms with Crippen molar-refractivity contribution < 1.29 is 22.8 Å². The molecule has 1 aliphatic rings. The van der Waals surface area contributed by atoms with E-state index in [0.717, 1.165) is 35.0 Å². The van der Waals surface area contributed by atoms with Crippen LogP contribution in [-0.4, -0.2) is 40.0 Å². The molecular weight excluding hydrogens is 419 g/mol. The smallest absolute Gasteiger partial charge is 0.343 e. The highest BCUT2D eigenvalue weighted by atomic mass is 19.4. The first-order chi connectivity index (χ1) is 15.2. The fourth-order valence-electron chi connectivity index (χ4n) is 3.83. The van der Waals surface area contributed by atoms with Gasteiger partial charge < -0.3 is 14.8 Å². The number of hydrogen-bond donors (Lipinski definition) is 1.